The van der Waals surface area contributed by atoms with Crippen LogP contribution < -0.4 is 0 Å². The van der Waals surface area contributed by atoms with Gasteiger partial charge in [-0.15, -0.1) is 10.2 Å². The maximum atomic E-state index is 4.49. The molecule has 2 aromatic carbocycles. The summed E-state index contributed by atoms with van der Waals surface area (Å²) >= 11 is 0. The molecule has 0 aliphatic carbocycles. The van der Waals surface area contributed by atoms with Gasteiger partial charge in [-0.3, -0.25) is 0 Å². The second-order valence-corrected chi connectivity index (χ2v) is 4.83. The van der Waals surface area contributed by atoms with Crippen LogP contribution in [0.3, 0.4) is 0 Å². The molecule has 0 bridgehead atoms. The van der Waals surface area contributed by atoms with Crippen molar-refractivity contribution in [1.82, 2.24) is 14.9 Å². The zero-order valence-corrected chi connectivity index (χ0v) is 11.8. The van der Waals surface area contributed by atoms with Crippen molar-refractivity contribution >= 4 is 6.21 Å². The molecule has 1 atom stereocenters. The van der Waals surface area contributed by atoms with Crippen LogP contribution in [0.1, 0.15) is 18.4 Å². The van der Waals surface area contributed by atoms with E-state index in [0.717, 1.165) is 11.4 Å². The highest BCUT2D eigenvalue weighted by atomic mass is 15.4. The van der Waals surface area contributed by atoms with E-state index in [4.69, 9.17) is 0 Å². The fourth-order valence-corrected chi connectivity index (χ4v) is 2.11. The van der Waals surface area contributed by atoms with E-state index < -0.39 is 0 Å². The first kappa shape index (κ1) is 13.2. The molecule has 4 heteroatoms. The predicted molar refractivity (Wildman–Crippen MR) is 84.2 cm³/mol. The zero-order valence-electron chi connectivity index (χ0n) is 11.8. The van der Waals surface area contributed by atoms with E-state index >= 15 is 0 Å². The molecule has 3 rings (SSSR count). The highest BCUT2D eigenvalue weighted by Gasteiger charge is 2.06. The van der Waals surface area contributed by atoms with Gasteiger partial charge < -0.3 is 0 Å². The summed E-state index contributed by atoms with van der Waals surface area (Å²) in [4.78, 5) is 0. The predicted octanol–water partition coefficient (Wildman–Crippen LogP) is 3.58. The van der Waals surface area contributed by atoms with Gasteiger partial charge in [0.1, 0.15) is 6.33 Å². The minimum Gasteiger partial charge on any atom is -0.200 e. The van der Waals surface area contributed by atoms with Gasteiger partial charge in [0, 0.05) is 17.7 Å². The van der Waals surface area contributed by atoms with Crippen LogP contribution in [-0.4, -0.2) is 21.1 Å². The molecule has 1 heterocycles. The monoisotopic (exact) mass is 276 g/mol. The van der Waals surface area contributed by atoms with Gasteiger partial charge in [0.25, 0.3) is 0 Å². The van der Waals surface area contributed by atoms with E-state index in [1.807, 2.05) is 54.7 Å². The number of aromatic nitrogens is 3. The molecule has 0 aliphatic rings. The van der Waals surface area contributed by atoms with Crippen LogP contribution in [0.4, 0.5) is 0 Å². The summed E-state index contributed by atoms with van der Waals surface area (Å²) in [6.45, 7) is 2.12. The van der Waals surface area contributed by atoms with Crippen molar-refractivity contribution in [1.29, 1.82) is 0 Å². The molecule has 3 aromatic rings. The molecule has 4 nitrogen and oxygen atoms in total. The maximum Gasteiger partial charge on any atom is 0.184 e. The van der Waals surface area contributed by atoms with Crippen molar-refractivity contribution in [3.63, 3.8) is 0 Å². The van der Waals surface area contributed by atoms with Gasteiger partial charge in [-0.05, 0) is 5.56 Å². The second-order valence-electron chi connectivity index (χ2n) is 4.83. The lowest BCUT2D eigenvalue weighted by Crippen LogP contribution is -1.98. The Labute approximate surface area is 123 Å². The van der Waals surface area contributed by atoms with Gasteiger partial charge >= 0.3 is 0 Å². The van der Waals surface area contributed by atoms with Crippen LogP contribution >= 0.6 is 0 Å². The van der Waals surface area contributed by atoms with E-state index in [1.165, 1.54) is 5.56 Å². The largest absolute Gasteiger partial charge is 0.200 e. The highest BCUT2D eigenvalue weighted by molar-refractivity contribution is 5.67. The summed E-state index contributed by atoms with van der Waals surface area (Å²) in [5.41, 5.74) is 2.23. The van der Waals surface area contributed by atoms with Crippen molar-refractivity contribution in [3.8, 4) is 11.4 Å². The van der Waals surface area contributed by atoms with E-state index in [1.54, 1.807) is 11.0 Å². The Bertz CT molecular complexity index is 717. The Morgan fingerprint density at radius 1 is 1.00 bits per heavy atom. The molecule has 104 valence electrons. The molecule has 1 aromatic heterocycles. The number of benzene rings is 2. The molecule has 0 saturated heterocycles. The van der Waals surface area contributed by atoms with Crippen molar-refractivity contribution in [2.45, 2.75) is 12.8 Å². The first-order valence-corrected chi connectivity index (χ1v) is 6.89. The summed E-state index contributed by atoms with van der Waals surface area (Å²) < 4.78 is 1.70. The second kappa shape index (κ2) is 6.13. The van der Waals surface area contributed by atoms with Gasteiger partial charge in [-0.2, -0.15) is 5.10 Å². The third-order valence-electron chi connectivity index (χ3n) is 3.30. The average Bonchev–Trinajstić information content (AvgIpc) is 3.03. The Morgan fingerprint density at radius 3 is 2.38 bits per heavy atom. The Balaban J connectivity index is 1.83. The molecule has 0 radical (unpaired) electrons. The zero-order chi connectivity index (χ0) is 14.5. The van der Waals surface area contributed by atoms with E-state index in [2.05, 4.69) is 34.4 Å². The van der Waals surface area contributed by atoms with Crippen LogP contribution in [0, 0.1) is 0 Å². The Morgan fingerprint density at radius 2 is 1.67 bits per heavy atom. The fourth-order valence-electron chi connectivity index (χ4n) is 2.11. The first-order chi connectivity index (χ1) is 10.3. The lowest BCUT2D eigenvalue weighted by Gasteiger charge is -2.06. The van der Waals surface area contributed by atoms with E-state index in [9.17, 15) is 0 Å². The molecule has 0 N–H and O–H groups in total. The SMILES string of the molecule is C[C@@H](/C=N\n1cnnc1-c1ccccc1)c1ccccc1. The Kier molecular flexibility index (Phi) is 3.87. The van der Waals surface area contributed by atoms with Crippen molar-refractivity contribution in [2.24, 2.45) is 5.10 Å². The summed E-state index contributed by atoms with van der Waals surface area (Å²) in [7, 11) is 0. The lowest BCUT2D eigenvalue weighted by atomic mass is 10.0. The highest BCUT2D eigenvalue weighted by Crippen LogP contribution is 2.16. The summed E-state index contributed by atoms with van der Waals surface area (Å²) in [6.07, 6.45) is 3.53. The molecule has 0 spiro atoms. The Hall–Kier alpha value is -2.75. The van der Waals surface area contributed by atoms with Crippen molar-refractivity contribution in [2.75, 3.05) is 0 Å². The van der Waals surface area contributed by atoms with Crippen LogP contribution in [0.2, 0.25) is 0 Å². The van der Waals surface area contributed by atoms with Gasteiger partial charge in [0.05, 0.1) is 0 Å². The van der Waals surface area contributed by atoms with Gasteiger partial charge in [-0.1, -0.05) is 67.6 Å². The van der Waals surface area contributed by atoms with Gasteiger partial charge in [0.2, 0.25) is 0 Å². The number of rotatable bonds is 4. The average molecular weight is 276 g/mol. The van der Waals surface area contributed by atoms with Crippen molar-refractivity contribution < 1.29 is 0 Å². The molecule has 0 unspecified atom stereocenters. The van der Waals surface area contributed by atoms with Crippen molar-refractivity contribution in [3.05, 3.63) is 72.6 Å². The summed E-state index contributed by atoms with van der Waals surface area (Å²) in [5, 5.41) is 12.6. The topological polar surface area (TPSA) is 43.1 Å². The number of hydrogen-bond donors (Lipinski definition) is 0. The summed E-state index contributed by atoms with van der Waals surface area (Å²) in [5.74, 6) is 0.976. The molecule has 0 saturated carbocycles. The molecule has 0 aliphatic heterocycles. The van der Waals surface area contributed by atoms with Crippen LogP contribution in [-0.2, 0) is 0 Å². The van der Waals surface area contributed by atoms with E-state index in [0.29, 0.717) is 0 Å². The summed E-state index contributed by atoms with van der Waals surface area (Å²) in [6, 6.07) is 20.2. The lowest BCUT2D eigenvalue weighted by molar-refractivity contribution is 0.870. The quantitative estimate of drug-likeness (QED) is 0.683. The van der Waals surface area contributed by atoms with Crippen LogP contribution in [0.5, 0.6) is 0 Å². The standard InChI is InChI=1S/C17H16N4/c1-14(15-8-4-2-5-9-15)12-19-21-13-18-20-17(21)16-10-6-3-7-11-16/h2-14H,1H3/b19-12-/t14-/m0/s1. The minimum atomic E-state index is 0.234. The number of hydrogen-bond acceptors (Lipinski definition) is 3. The van der Waals surface area contributed by atoms with Gasteiger partial charge in [0.15, 0.2) is 5.82 Å². The van der Waals surface area contributed by atoms with Crippen LogP contribution in [0.15, 0.2) is 72.1 Å². The number of nitrogens with zero attached hydrogens (tertiary/aromatic N) is 4. The smallest absolute Gasteiger partial charge is 0.184 e. The molecule has 0 amide bonds. The fraction of sp³-hybridized carbons (Fsp3) is 0.118. The molecular formula is C17H16N4. The third kappa shape index (κ3) is 3.05. The van der Waals surface area contributed by atoms with E-state index in [-0.39, 0.29) is 5.92 Å². The first-order valence-electron chi connectivity index (χ1n) is 6.89. The van der Waals surface area contributed by atoms with Gasteiger partial charge in [-0.25, -0.2) is 4.68 Å². The molecule has 21 heavy (non-hydrogen) atoms. The minimum absolute atomic E-state index is 0.234. The van der Waals surface area contributed by atoms with Crippen LogP contribution in [0.25, 0.3) is 11.4 Å². The third-order valence-corrected chi connectivity index (χ3v) is 3.30. The molecule has 0 fully saturated rings. The maximum absolute atomic E-state index is 4.49. The molecular weight excluding hydrogens is 260 g/mol. The normalized spacial score (nSPS) is 12.6.